The highest BCUT2D eigenvalue weighted by atomic mass is 31.2. The number of hydrogen-bond donors (Lipinski definition) is 2. The fraction of sp³-hybridized carbons (Fsp3) is 0.538. The summed E-state index contributed by atoms with van der Waals surface area (Å²) < 4.78 is 22.6. The summed E-state index contributed by atoms with van der Waals surface area (Å²) >= 11 is 0. The molecule has 2 atom stereocenters. The first-order valence-corrected chi connectivity index (χ1v) is 7.94. The highest BCUT2D eigenvalue weighted by Crippen LogP contribution is 2.55. The highest BCUT2D eigenvalue weighted by Gasteiger charge is 2.38. The van der Waals surface area contributed by atoms with Crippen LogP contribution in [0.1, 0.15) is 31.0 Å². The first-order chi connectivity index (χ1) is 8.94. The van der Waals surface area contributed by atoms with E-state index in [4.69, 9.17) is 14.8 Å². The second-order valence-electron chi connectivity index (χ2n) is 4.23. The van der Waals surface area contributed by atoms with Crippen molar-refractivity contribution >= 4 is 7.60 Å². The monoisotopic (exact) mass is 287 g/mol. The molecule has 0 bridgehead atoms. The van der Waals surface area contributed by atoms with Crippen molar-refractivity contribution in [2.24, 2.45) is 5.73 Å². The largest absolute Gasteiger partial charge is 0.379 e. The standard InChI is InChI=1S/C13H22NO4P/c1-4-17-19(16,18-5-2)13(15)12(14)11-8-6-10(3)7-9-11/h6-9,12-13,15H,4-5,14H2,1-3H3/t12-,13+/m1/s1. The summed E-state index contributed by atoms with van der Waals surface area (Å²) in [4.78, 5) is 0. The van der Waals surface area contributed by atoms with Gasteiger partial charge in [-0.2, -0.15) is 0 Å². The normalized spacial score (nSPS) is 15.2. The van der Waals surface area contributed by atoms with Crippen LogP contribution in [0.15, 0.2) is 24.3 Å². The van der Waals surface area contributed by atoms with Gasteiger partial charge in [0.15, 0.2) is 5.85 Å². The van der Waals surface area contributed by atoms with E-state index in [2.05, 4.69) is 0 Å². The molecule has 0 fully saturated rings. The molecule has 19 heavy (non-hydrogen) atoms. The molecule has 1 aromatic rings. The van der Waals surface area contributed by atoms with Crippen LogP contribution in [0.2, 0.25) is 0 Å². The fourth-order valence-electron chi connectivity index (χ4n) is 1.71. The predicted octanol–water partition coefficient (Wildman–Crippen LogP) is 2.58. The smallest absolute Gasteiger partial charge is 0.360 e. The summed E-state index contributed by atoms with van der Waals surface area (Å²) in [5.74, 6) is -1.38. The molecule has 0 radical (unpaired) electrons. The Bertz CT molecular complexity index is 425. The Kier molecular flexibility index (Phi) is 6.17. The van der Waals surface area contributed by atoms with Gasteiger partial charge >= 0.3 is 7.60 Å². The summed E-state index contributed by atoms with van der Waals surface area (Å²) in [6.07, 6.45) is 0. The molecule has 5 nitrogen and oxygen atoms in total. The Hall–Kier alpha value is -0.710. The van der Waals surface area contributed by atoms with Gasteiger partial charge in [-0.25, -0.2) is 0 Å². The number of aliphatic hydroxyl groups is 1. The van der Waals surface area contributed by atoms with Crippen LogP contribution in [0.5, 0.6) is 0 Å². The molecule has 0 heterocycles. The number of hydrogen-bond acceptors (Lipinski definition) is 5. The average Bonchev–Trinajstić information content (AvgIpc) is 2.38. The lowest BCUT2D eigenvalue weighted by molar-refractivity contribution is 0.134. The van der Waals surface area contributed by atoms with Crippen molar-refractivity contribution in [1.82, 2.24) is 0 Å². The van der Waals surface area contributed by atoms with Crippen LogP contribution in [0.25, 0.3) is 0 Å². The van der Waals surface area contributed by atoms with Gasteiger partial charge in [-0.15, -0.1) is 0 Å². The third-order valence-corrected chi connectivity index (χ3v) is 4.93. The van der Waals surface area contributed by atoms with Crippen LogP contribution in [0, 0.1) is 6.92 Å². The SMILES string of the molecule is CCOP(=O)(OCC)[C@H](O)[C@H](N)c1ccc(C)cc1. The van der Waals surface area contributed by atoms with Gasteiger partial charge < -0.3 is 19.9 Å². The molecular formula is C13H22NO4P. The average molecular weight is 287 g/mol. The van der Waals surface area contributed by atoms with Crippen molar-refractivity contribution in [1.29, 1.82) is 0 Å². The van der Waals surface area contributed by atoms with Gasteiger partial charge in [-0.05, 0) is 26.3 Å². The van der Waals surface area contributed by atoms with Crippen molar-refractivity contribution in [2.45, 2.75) is 32.7 Å². The number of rotatable bonds is 7. The maximum absolute atomic E-state index is 12.4. The number of aliphatic hydroxyl groups excluding tert-OH is 1. The Morgan fingerprint density at radius 1 is 1.21 bits per heavy atom. The van der Waals surface area contributed by atoms with Gasteiger partial charge in [0.2, 0.25) is 0 Å². The van der Waals surface area contributed by atoms with E-state index in [1.54, 1.807) is 26.0 Å². The molecule has 0 unspecified atom stereocenters. The molecule has 0 spiro atoms. The summed E-state index contributed by atoms with van der Waals surface area (Å²) in [5, 5.41) is 10.2. The second kappa shape index (κ2) is 7.17. The van der Waals surface area contributed by atoms with Crippen LogP contribution in [-0.2, 0) is 13.6 Å². The van der Waals surface area contributed by atoms with Gasteiger partial charge in [-0.3, -0.25) is 4.57 Å². The first kappa shape index (κ1) is 16.3. The van der Waals surface area contributed by atoms with E-state index in [9.17, 15) is 9.67 Å². The molecule has 0 aromatic heterocycles. The molecule has 0 aliphatic heterocycles. The minimum absolute atomic E-state index is 0.189. The number of aryl methyl sites for hydroxylation is 1. The summed E-state index contributed by atoms with van der Waals surface area (Å²) in [5.41, 5.74) is 7.73. The Morgan fingerprint density at radius 2 is 1.68 bits per heavy atom. The maximum Gasteiger partial charge on any atom is 0.360 e. The van der Waals surface area contributed by atoms with Crippen molar-refractivity contribution in [3.8, 4) is 0 Å². The lowest BCUT2D eigenvalue weighted by Crippen LogP contribution is -2.28. The minimum Gasteiger partial charge on any atom is -0.379 e. The quantitative estimate of drug-likeness (QED) is 0.753. The summed E-state index contributed by atoms with van der Waals surface area (Å²) in [6.45, 7) is 5.71. The van der Waals surface area contributed by atoms with E-state index in [0.717, 1.165) is 5.56 Å². The number of nitrogens with two attached hydrogens (primary N) is 1. The molecule has 3 N–H and O–H groups in total. The van der Waals surface area contributed by atoms with E-state index in [0.29, 0.717) is 5.56 Å². The highest BCUT2D eigenvalue weighted by molar-refractivity contribution is 7.54. The van der Waals surface area contributed by atoms with E-state index in [1.165, 1.54) is 0 Å². The molecule has 108 valence electrons. The minimum atomic E-state index is -3.61. The topological polar surface area (TPSA) is 81.8 Å². The third-order valence-electron chi connectivity index (χ3n) is 2.73. The lowest BCUT2D eigenvalue weighted by atomic mass is 10.1. The molecule has 0 saturated carbocycles. The van der Waals surface area contributed by atoms with Gasteiger partial charge in [0.1, 0.15) is 0 Å². The fourth-order valence-corrected chi connectivity index (χ4v) is 3.37. The van der Waals surface area contributed by atoms with Gasteiger partial charge in [0, 0.05) is 0 Å². The van der Waals surface area contributed by atoms with Gasteiger partial charge in [-0.1, -0.05) is 29.8 Å². The molecular weight excluding hydrogens is 265 g/mol. The lowest BCUT2D eigenvalue weighted by Gasteiger charge is -2.26. The van der Waals surface area contributed by atoms with Crippen LogP contribution in [-0.4, -0.2) is 24.2 Å². The zero-order chi connectivity index (χ0) is 14.5. The summed E-state index contributed by atoms with van der Waals surface area (Å²) in [6, 6.07) is 6.55. The van der Waals surface area contributed by atoms with E-state index >= 15 is 0 Å². The molecule has 0 amide bonds. The van der Waals surface area contributed by atoms with Crippen LogP contribution in [0.4, 0.5) is 0 Å². The van der Waals surface area contributed by atoms with Crippen molar-refractivity contribution in [3.63, 3.8) is 0 Å². The number of benzene rings is 1. The van der Waals surface area contributed by atoms with Gasteiger partial charge in [0.05, 0.1) is 19.3 Å². The maximum atomic E-state index is 12.4. The second-order valence-corrected chi connectivity index (χ2v) is 6.35. The van der Waals surface area contributed by atoms with Crippen LogP contribution >= 0.6 is 7.60 Å². The van der Waals surface area contributed by atoms with E-state index < -0.39 is 19.5 Å². The van der Waals surface area contributed by atoms with E-state index in [-0.39, 0.29) is 13.2 Å². The van der Waals surface area contributed by atoms with Crippen LogP contribution in [0.3, 0.4) is 0 Å². The Labute approximate surface area is 114 Å². The molecule has 0 saturated heterocycles. The van der Waals surface area contributed by atoms with Gasteiger partial charge in [0.25, 0.3) is 0 Å². The molecule has 0 aliphatic rings. The first-order valence-electron chi connectivity index (χ1n) is 6.33. The zero-order valence-electron chi connectivity index (χ0n) is 11.6. The van der Waals surface area contributed by atoms with Crippen LogP contribution < -0.4 is 5.73 Å². The van der Waals surface area contributed by atoms with Crippen molar-refractivity contribution in [3.05, 3.63) is 35.4 Å². The Morgan fingerprint density at radius 3 is 2.11 bits per heavy atom. The zero-order valence-corrected chi connectivity index (χ0v) is 12.5. The third kappa shape index (κ3) is 4.13. The summed E-state index contributed by atoms with van der Waals surface area (Å²) in [7, 11) is -3.61. The Balaban J connectivity index is 2.92. The molecule has 0 aliphatic carbocycles. The molecule has 6 heteroatoms. The van der Waals surface area contributed by atoms with E-state index in [1.807, 2.05) is 19.1 Å². The molecule has 1 rings (SSSR count). The van der Waals surface area contributed by atoms with Crippen molar-refractivity contribution in [2.75, 3.05) is 13.2 Å². The van der Waals surface area contributed by atoms with Crippen molar-refractivity contribution < 1.29 is 18.7 Å². The predicted molar refractivity (Wildman–Crippen MR) is 75.0 cm³/mol. The molecule has 1 aromatic carbocycles.